The molecule has 2 spiro atoms. The number of ether oxygens (including phenoxy) is 1. The molecular formula is C20H30N2O3. The third kappa shape index (κ3) is 2.65. The molecule has 5 rings (SSSR count). The topological polar surface area (TPSA) is 58.6 Å². The summed E-state index contributed by atoms with van der Waals surface area (Å²) in [7, 11) is 0. The third-order valence-electron chi connectivity index (χ3n) is 7.89. The molecule has 5 heteroatoms. The Bertz CT molecular complexity index is 571. The molecule has 0 bridgehead atoms. The lowest BCUT2D eigenvalue weighted by molar-refractivity contribution is -0.153. The van der Waals surface area contributed by atoms with Crippen LogP contribution in [0, 0.1) is 23.2 Å². The van der Waals surface area contributed by atoms with E-state index in [1.54, 1.807) is 0 Å². The van der Waals surface area contributed by atoms with Gasteiger partial charge in [0, 0.05) is 24.4 Å². The number of amides is 2. The Labute approximate surface area is 149 Å². The first-order valence-corrected chi connectivity index (χ1v) is 10.3. The maximum absolute atomic E-state index is 12.7. The second kappa shape index (κ2) is 5.62. The van der Waals surface area contributed by atoms with Crippen molar-refractivity contribution in [3.8, 4) is 0 Å². The van der Waals surface area contributed by atoms with Gasteiger partial charge in [-0.2, -0.15) is 0 Å². The van der Waals surface area contributed by atoms with Crippen molar-refractivity contribution in [2.45, 2.75) is 69.7 Å². The highest BCUT2D eigenvalue weighted by Crippen LogP contribution is 2.53. The second-order valence-electron chi connectivity index (χ2n) is 9.68. The number of alkyl carbamates (subject to hydrolysis) is 1. The SMILES string of the molecule is O=C1NC2(CO1)CC(C(=O)N1CC3(CC[C@@H](C4CCCCC4)C3)C1)C2. The summed E-state index contributed by atoms with van der Waals surface area (Å²) in [6, 6.07) is 0. The number of carbonyl (C=O) groups excluding carboxylic acids is 2. The largest absolute Gasteiger partial charge is 0.447 e. The van der Waals surface area contributed by atoms with E-state index < -0.39 is 0 Å². The summed E-state index contributed by atoms with van der Waals surface area (Å²) in [5.74, 6) is 2.30. The number of nitrogens with one attached hydrogen (secondary N) is 1. The van der Waals surface area contributed by atoms with Crippen LogP contribution in [0.4, 0.5) is 4.79 Å². The summed E-state index contributed by atoms with van der Waals surface area (Å²) in [4.78, 5) is 26.1. The van der Waals surface area contributed by atoms with E-state index in [0.29, 0.717) is 17.9 Å². The number of hydrogen-bond donors (Lipinski definition) is 1. The number of cyclic esters (lactones) is 1. The Balaban J connectivity index is 1.11. The standard InChI is InChI=1S/C20H30N2O3/c23-17(16-9-20(10-16)13-25-18(24)21-20)22-11-19(12-22)7-6-15(8-19)14-4-2-1-3-5-14/h14-16H,1-13H2,(H,21,24)/t15-,16?,20?/m1/s1. The molecule has 0 aromatic rings. The maximum Gasteiger partial charge on any atom is 0.407 e. The summed E-state index contributed by atoms with van der Waals surface area (Å²) >= 11 is 0. The van der Waals surface area contributed by atoms with Gasteiger partial charge >= 0.3 is 6.09 Å². The molecule has 1 atom stereocenters. The van der Waals surface area contributed by atoms with Gasteiger partial charge in [-0.15, -0.1) is 0 Å². The molecule has 0 unspecified atom stereocenters. The molecule has 0 aromatic carbocycles. The lowest BCUT2D eigenvalue weighted by atomic mass is 9.67. The van der Waals surface area contributed by atoms with Gasteiger partial charge in [0.15, 0.2) is 0 Å². The maximum atomic E-state index is 12.7. The van der Waals surface area contributed by atoms with Crippen molar-refractivity contribution in [1.29, 1.82) is 0 Å². The van der Waals surface area contributed by atoms with Crippen molar-refractivity contribution in [1.82, 2.24) is 10.2 Å². The number of rotatable bonds is 2. The Hall–Kier alpha value is -1.26. The molecule has 2 heterocycles. The van der Waals surface area contributed by atoms with E-state index in [9.17, 15) is 9.59 Å². The predicted octanol–water partition coefficient (Wildman–Crippen LogP) is 3.08. The van der Waals surface area contributed by atoms with Crippen molar-refractivity contribution in [3.05, 3.63) is 0 Å². The van der Waals surface area contributed by atoms with Gasteiger partial charge in [-0.25, -0.2) is 4.79 Å². The molecule has 3 aliphatic carbocycles. The highest BCUT2D eigenvalue weighted by Gasteiger charge is 2.57. The van der Waals surface area contributed by atoms with Gasteiger partial charge in [0.1, 0.15) is 6.61 Å². The van der Waals surface area contributed by atoms with E-state index >= 15 is 0 Å². The molecule has 2 saturated heterocycles. The Morgan fingerprint density at radius 1 is 1.04 bits per heavy atom. The van der Waals surface area contributed by atoms with Crippen LogP contribution in [0.15, 0.2) is 0 Å². The molecule has 5 nitrogen and oxygen atoms in total. The molecule has 5 aliphatic rings. The summed E-state index contributed by atoms with van der Waals surface area (Å²) < 4.78 is 5.01. The van der Waals surface area contributed by atoms with Gasteiger partial charge < -0.3 is 15.0 Å². The fourth-order valence-electron chi connectivity index (χ4n) is 6.49. The summed E-state index contributed by atoms with van der Waals surface area (Å²) in [5.41, 5.74) is 0.212. The van der Waals surface area contributed by atoms with Crippen LogP contribution < -0.4 is 5.32 Å². The quantitative estimate of drug-likeness (QED) is 0.836. The number of nitrogens with zero attached hydrogens (tertiary/aromatic N) is 1. The third-order valence-corrected chi connectivity index (χ3v) is 7.89. The highest BCUT2D eigenvalue weighted by atomic mass is 16.6. The predicted molar refractivity (Wildman–Crippen MR) is 92.9 cm³/mol. The Kier molecular flexibility index (Phi) is 3.58. The van der Waals surface area contributed by atoms with Crippen molar-refractivity contribution >= 4 is 12.0 Å². The summed E-state index contributed by atoms with van der Waals surface area (Å²) in [6.45, 7) is 2.41. The van der Waals surface area contributed by atoms with Gasteiger partial charge in [-0.3, -0.25) is 4.79 Å². The van der Waals surface area contributed by atoms with Crippen LogP contribution in [0.2, 0.25) is 0 Å². The normalized spacial score (nSPS) is 39.8. The van der Waals surface area contributed by atoms with E-state index in [4.69, 9.17) is 4.74 Å². The zero-order valence-electron chi connectivity index (χ0n) is 15.1. The highest BCUT2D eigenvalue weighted by molar-refractivity contribution is 5.82. The van der Waals surface area contributed by atoms with Crippen molar-refractivity contribution < 1.29 is 14.3 Å². The summed E-state index contributed by atoms with van der Waals surface area (Å²) in [5, 5.41) is 2.89. The van der Waals surface area contributed by atoms with Gasteiger partial charge in [0.2, 0.25) is 5.91 Å². The lowest BCUT2D eigenvalue weighted by Gasteiger charge is -2.52. The number of hydrogen-bond acceptors (Lipinski definition) is 3. The second-order valence-corrected chi connectivity index (χ2v) is 9.68. The molecule has 2 aliphatic heterocycles. The van der Waals surface area contributed by atoms with Crippen molar-refractivity contribution in [2.24, 2.45) is 23.2 Å². The minimum atomic E-state index is -0.325. The molecule has 3 saturated carbocycles. The smallest absolute Gasteiger partial charge is 0.407 e. The average Bonchev–Trinajstić information content (AvgIpc) is 3.17. The first-order chi connectivity index (χ1) is 12.1. The lowest BCUT2D eigenvalue weighted by Crippen LogP contribution is -2.63. The summed E-state index contributed by atoms with van der Waals surface area (Å²) in [6.07, 6.45) is 12.5. The molecule has 0 radical (unpaired) electrons. The van der Waals surface area contributed by atoms with E-state index in [1.165, 1.54) is 51.4 Å². The fraction of sp³-hybridized carbons (Fsp3) is 0.900. The van der Waals surface area contributed by atoms with E-state index in [2.05, 4.69) is 10.2 Å². The van der Waals surface area contributed by atoms with Crippen LogP contribution in [0.25, 0.3) is 0 Å². The van der Waals surface area contributed by atoms with Crippen LogP contribution in [0.5, 0.6) is 0 Å². The molecule has 138 valence electrons. The van der Waals surface area contributed by atoms with Crippen LogP contribution in [0.1, 0.15) is 64.2 Å². The minimum Gasteiger partial charge on any atom is -0.447 e. The molecule has 25 heavy (non-hydrogen) atoms. The molecule has 0 aromatic heterocycles. The van der Waals surface area contributed by atoms with Crippen molar-refractivity contribution in [3.63, 3.8) is 0 Å². The van der Waals surface area contributed by atoms with Crippen LogP contribution >= 0.6 is 0 Å². The monoisotopic (exact) mass is 346 g/mol. The van der Waals surface area contributed by atoms with Crippen LogP contribution in [-0.2, 0) is 9.53 Å². The van der Waals surface area contributed by atoms with Gasteiger partial charge in [0.25, 0.3) is 0 Å². The molecule has 1 N–H and O–H groups in total. The van der Waals surface area contributed by atoms with Gasteiger partial charge in [-0.05, 0) is 43.9 Å². The number of likely N-dealkylation sites (tertiary alicyclic amines) is 1. The zero-order chi connectivity index (χ0) is 17.1. The fourth-order valence-corrected chi connectivity index (χ4v) is 6.49. The molecule has 5 fully saturated rings. The molecular weight excluding hydrogens is 316 g/mol. The Morgan fingerprint density at radius 3 is 2.48 bits per heavy atom. The minimum absolute atomic E-state index is 0.0925. The average molecular weight is 346 g/mol. The van der Waals surface area contributed by atoms with Gasteiger partial charge in [0.05, 0.1) is 5.54 Å². The van der Waals surface area contributed by atoms with E-state index in [-0.39, 0.29) is 17.6 Å². The zero-order valence-corrected chi connectivity index (χ0v) is 15.1. The first-order valence-electron chi connectivity index (χ1n) is 10.3. The van der Waals surface area contributed by atoms with E-state index in [0.717, 1.165) is 37.8 Å². The van der Waals surface area contributed by atoms with E-state index in [1.807, 2.05) is 0 Å². The number of carbonyl (C=O) groups is 2. The van der Waals surface area contributed by atoms with Crippen molar-refractivity contribution in [2.75, 3.05) is 19.7 Å². The Morgan fingerprint density at radius 2 is 1.80 bits per heavy atom. The van der Waals surface area contributed by atoms with Crippen LogP contribution in [0.3, 0.4) is 0 Å². The first kappa shape index (κ1) is 16.0. The van der Waals surface area contributed by atoms with Gasteiger partial charge in [-0.1, -0.05) is 32.1 Å². The van der Waals surface area contributed by atoms with Crippen LogP contribution in [-0.4, -0.2) is 42.1 Å². The molecule has 2 amide bonds.